The van der Waals surface area contributed by atoms with E-state index in [0.717, 1.165) is 17.0 Å². The van der Waals surface area contributed by atoms with E-state index in [1.165, 1.54) is 22.5 Å². The summed E-state index contributed by atoms with van der Waals surface area (Å²) >= 11 is 1.32. The van der Waals surface area contributed by atoms with Gasteiger partial charge < -0.3 is 10.4 Å². The number of hydrogen-bond donors (Lipinski definition) is 2. The summed E-state index contributed by atoms with van der Waals surface area (Å²) in [5.41, 5.74) is 3.67. The van der Waals surface area contributed by atoms with E-state index < -0.39 is 5.97 Å². The average Bonchev–Trinajstić information content (AvgIpc) is 2.86. The van der Waals surface area contributed by atoms with E-state index >= 15 is 0 Å². The minimum Gasteiger partial charge on any atom is -0.477 e. The quantitative estimate of drug-likeness (QED) is 0.869. The number of aromatic carboxylic acids is 1. The van der Waals surface area contributed by atoms with Crippen LogP contribution >= 0.6 is 11.3 Å². The van der Waals surface area contributed by atoms with Gasteiger partial charge in [-0.25, -0.2) is 4.79 Å². The predicted molar refractivity (Wildman–Crippen MR) is 79.2 cm³/mol. The maximum Gasteiger partial charge on any atom is 0.345 e. The molecule has 1 aromatic carbocycles. The molecule has 0 bridgehead atoms. The molecule has 19 heavy (non-hydrogen) atoms. The van der Waals surface area contributed by atoms with E-state index in [1.54, 1.807) is 6.07 Å². The van der Waals surface area contributed by atoms with Gasteiger partial charge in [0, 0.05) is 17.1 Å². The van der Waals surface area contributed by atoms with Gasteiger partial charge >= 0.3 is 5.97 Å². The van der Waals surface area contributed by atoms with Crippen molar-refractivity contribution in [1.29, 1.82) is 0 Å². The summed E-state index contributed by atoms with van der Waals surface area (Å²) in [6.07, 6.45) is 0.981. The lowest BCUT2D eigenvalue weighted by atomic mass is 10.1. The Morgan fingerprint density at radius 3 is 2.74 bits per heavy atom. The van der Waals surface area contributed by atoms with E-state index in [1.807, 2.05) is 6.07 Å². The van der Waals surface area contributed by atoms with Gasteiger partial charge in [0.25, 0.3) is 0 Å². The predicted octanol–water partition coefficient (Wildman–Crippen LogP) is 3.93. The van der Waals surface area contributed by atoms with Gasteiger partial charge in [-0.15, -0.1) is 11.3 Å². The zero-order valence-electron chi connectivity index (χ0n) is 11.1. The van der Waals surface area contributed by atoms with E-state index in [-0.39, 0.29) is 0 Å². The molecule has 2 N–H and O–H groups in total. The Balaban J connectivity index is 2.12. The highest BCUT2D eigenvalue weighted by Gasteiger charge is 2.08. The normalized spacial score (nSPS) is 10.4. The first kappa shape index (κ1) is 13.6. The van der Waals surface area contributed by atoms with Crippen LogP contribution in [0.2, 0.25) is 0 Å². The van der Waals surface area contributed by atoms with E-state index in [0.29, 0.717) is 11.4 Å². The van der Waals surface area contributed by atoms with Crippen molar-refractivity contribution in [2.45, 2.75) is 26.8 Å². The van der Waals surface area contributed by atoms with E-state index in [4.69, 9.17) is 5.11 Å². The second-order valence-electron chi connectivity index (χ2n) is 4.39. The van der Waals surface area contributed by atoms with Crippen LogP contribution in [0, 0.1) is 6.92 Å². The Hall–Kier alpha value is -1.81. The van der Waals surface area contributed by atoms with Crippen LogP contribution in [0.25, 0.3) is 0 Å². The summed E-state index contributed by atoms with van der Waals surface area (Å²) in [5, 5.41) is 12.3. The number of rotatable bonds is 5. The summed E-state index contributed by atoms with van der Waals surface area (Å²) < 4.78 is 0. The first-order chi connectivity index (χ1) is 9.11. The highest BCUT2D eigenvalue weighted by molar-refractivity contribution is 7.13. The lowest BCUT2D eigenvalue weighted by Crippen LogP contribution is -2.02. The van der Waals surface area contributed by atoms with Crippen molar-refractivity contribution in [3.8, 4) is 0 Å². The monoisotopic (exact) mass is 275 g/mol. The van der Waals surface area contributed by atoms with Crippen LogP contribution in [0.15, 0.2) is 30.3 Å². The van der Waals surface area contributed by atoms with Crippen LogP contribution in [0.5, 0.6) is 0 Å². The van der Waals surface area contributed by atoms with Crippen LogP contribution < -0.4 is 5.32 Å². The lowest BCUT2D eigenvalue weighted by Gasteiger charge is -2.13. The molecule has 0 aliphatic rings. The summed E-state index contributed by atoms with van der Waals surface area (Å²) in [4.78, 5) is 12.2. The summed E-state index contributed by atoms with van der Waals surface area (Å²) in [6.45, 7) is 4.88. The molecule has 2 rings (SSSR count). The highest BCUT2D eigenvalue weighted by atomic mass is 32.1. The van der Waals surface area contributed by atoms with E-state index in [9.17, 15) is 4.79 Å². The van der Waals surface area contributed by atoms with Gasteiger partial charge in [0.1, 0.15) is 4.88 Å². The molecule has 0 saturated carbocycles. The third kappa shape index (κ3) is 3.15. The summed E-state index contributed by atoms with van der Waals surface area (Å²) in [6, 6.07) is 9.78. The zero-order chi connectivity index (χ0) is 13.8. The maximum atomic E-state index is 10.8. The first-order valence-corrected chi connectivity index (χ1v) is 7.07. The number of hydrogen-bond acceptors (Lipinski definition) is 3. The molecule has 0 saturated heterocycles. The topological polar surface area (TPSA) is 49.3 Å². The highest BCUT2D eigenvalue weighted by Crippen LogP contribution is 2.23. The number of carboxylic acid groups (broad SMARTS) is 1. The molecular weight excluding hydrogens is 258 g/mol. The number of carbonyl (C=O) groups is 1. The van der Waals surface area contributed by atoms with Gasteiger partial charge in [-0.1, -0.05) is 25.1 Å². The van der Waals surface area contributed by atoms with Crippen molar-refractivity contribution >= 4 is 23.0 Å². The van der Waals surface area contributed by atoms with E-state index in [2.05, 4.69) is 37.4 Å². The van der Waals surface area contributed by atoms with Crippen LogP contribution in [-0.2, 0) is 13.0 Å². The fourth-order valence-corrected chi connectivity index (χ4v) is 2.83. The molecule has 0 atom stereocenters. The molecule has 0 aliphatic carbocycles. The van der Waals surface area contributed by atoms with Gasteiger partial charge in [0.2, 0.25) is 0 Å². The van der Waals surface area contributed by atoms with Crippen LogP contribution in [-0.4, -0.2) is 11.1 Å². The van der Waals surface area contributed by atoms with Gasteiger partial charge in [0.05, 0.1) is 0 Å². The number of carboxylic acids is 1. The zero-order valence-corrected chi connectivity index (χ0v) is 11.9. The molecule has 0 aliphatic heterocycles. The third-order valence-electron chi connectivity index (χ3n) is 3.05. The SMILES string of the molecule is CCc1cccc(C)c1NCc1ccc(C(=O)O)s1. The number of benzene rings is 1. The molecule has 100 valence electrons. The molecule has 0 spiro atoms. The van der Waals surface area contributed by atoms with Crippen molar-refractivity contribution in [3.05, 3.63) is 51.2 Å². The molecule has 0 radical (unpaired) electrons. The van der Waals surface area contributed by atoms with Crippen molar-refractivity contribution < 1.29 is 9.90 Å². The Morgan fingerprint density at radius 1 is 1.32 bits per heavy atom. The number of anilines is 1. The van der Waals surface area contributed by atoms with Gasteiger partial charge in [-0.2, -0.15) is 0 Å². The molecule has 1 aromatic heterocycles. The number of thiophene rings is 1. The van der Waals surface area contributed by atoms with Crippen molar-refractivity contribution in [1.82, 2.24) is 0 Å². The molecular formula is C15H17NO2S. The van der Waals surface area contributed by atoms with Crippen LogP contribution in [0.4, 0.5) is 5.69 Å². The van der Waals surface area contributed by atoms with Crippen molar-refractivity contribution in [2.24, 2.45) is 0 Å². The lowest BCUT2D eigenvalue weighted by molar-refractivity contribution is 0.0702. The standard InChI is InChI=1S/C15H17NO2S/c1-3-11-6-4-5-10(2)14(11)16-9-12-7-8-13(19-12)15(17)18/h4-8,16H,3,9H2,1-2H3,(H,17,18). The average molecular weight is 275 g/mol. The maximum absolute atomic E-state index is 10.8. The van der Waals surface area contributed by atoms with Crippen LogP contribution in [0.3, 0.4) is 0 Å². The number of para-hydroxylation sites is 1. The summed E-state index contributed by atoms with van der Waals surface area (Å²) in [5.74, 6) is -0.860. The number of nitrogens with one attached hydrogen (secondary N) is 1. The van der Waals surface area contributed by atoms with Crippen LogP contribution in [0.1, 0.15) is 32.6 Å². The first-order valence-electron chi connectivity index (χ1n) is 6.26. The fourth-order valence-electron chi connectivity index (χ4n) is 2.04. The second-order valence-corrected chi connectivity index (χ2v) is 5.56. The van der Waals surface area contributed by atoms with Crippen molar-refractivity contribution in [2.75, 3.05) is 5.32 Å². The molecule has 2 aromatic rings. The molecule has 3 nitrogen and oxygen atoms in total. The minimum atomic E-state index is -0.860. The largest absolute Gasteiger partial charge is 0.477 e. The molecule has 0 fully saturated rings. The Morgan fingerprint density at radius 2 is 2.11 bits per heavy atom. The van der Waals surface area contributed by atoms with Crippen molar-refractivity contribution in [3.63, 3.8) is 0 Å². The second kappa shape index (κ2) is 5.89. The Labute approximate surface area is 116 Å². The summed E-state index contributed by atoms with van der Waals surface area (Å²) in [7, 11) is 0. The van der Waals surface area contributed by atoms with Gasteiger partial charge in [0.15, 0.2) is 0 Å². The van der Waals surface area contributed by atoms with Gasteiger partial charge in [-0.05, 0) is 36.6 Å². The Kier molecular flexibility index (Phi) is 4.22. The molecule has 1 heterocycles. The number of aryl methyl sites for hydroxylation is 2. The Bertz CT molecular complexity index is 590. The fraction of sp³-hybridized carbons (Fsp3) is 0.267. The molecule has 4 heteroatoms. The molecule has 0 unspecified atom stereocenters. The molecule has 0 amide bonds. The third-order valence-corrected chi connectivity index (χ3v) is 4.13. The minimum absolute atomic E-state index is 0.386. The smallest absolute Gasteiger partial charge is 0.345 e. The van der Waals surface area contributed by atoms with Gasteiger partial charge in [-0.3, -0.25) is 0 Å².